The predicted molar refractivity (Wildman–Crippen MR) is 80.4 cm³/mol. The molecule has 0 radical (unpaired) electrons. The zero-order valence-corrected chi connectivity index (χ0v) is 11.8. The standard InChI is InChI=1S/C15H18N2O4/c1-15(2,9-3-5-13(20-18)11(16)7-9)10-4-6-14(21-19)12(17)8-10/h3-8,18-19H,16-17H2,1-2H3. The van der Waals surface area contributed by atoms with E-state index >= 15 is 0 Å². The maximum absolute atomic E-state index is 8.69. The van der Waals surface area contributed by atoms with Crippen LogP contribution in [0.4, 0.5) is 11.4 Å². The van der Waals surface area contributed by atoms with Gasteiger partial charge in [0.05, 0.1) is 11.4 Å². The zero-order chi connectivity index (χ0) is 15.6. The fraction of sp³-hybridized carbons (Fsp3) is 0.200. The lowest BCUT2D eigenvalue weighted by Crippen LogP contribution is -2.19. The van der Waals surface area contributed by atoms with Gasteiger partial charge >= 0.3 is 0 Å². The van der Waals surface area contributed by atoms with Crippen LogP contribution in [0.15, 0.2) is 36.4 Å². The molecule has 2 rings (SSSR count). The minimum absolute atomic E-state index is 0.207. The van der Waals surface area contributed by atoms with E-state index in [4.69, 9.17) is 22.0 Å². The second-order valence-corrected chi connectivity index (χ2v) is 5.31. The fourth-order valence-corrected chi connectivity index (χ4v) is 2.21. The van der Waals surface area contributed by atoms with Gasteiger partial charge in [0, 0.05) is 5.41 Å². The largest absolute Gasteiger partial charge is 0.396 e. The molecular formula is C15H18N2O4. The van der Waals surface area contributed by atoms with Crippen molar-refractivity contribution in [1.29, 1.82) is 0 Å². The second-order valence-electron chi connectivity index (χ2n) is 5.31. The molecule has 0 amide bonds. The average Bonchev–Trinajstić information content (AvgIpc) is 2.47. The van der Waals surface area contributed by atoms with E-state index in [-0.39, 0.29) is 16.9 Å². The van der Waals surface area contributed by atoms with Gasteiger partial charge in [-0.25, -0.2) is 10.5 Å². The number of hydrogen-bond acceptors (Lipinski definition) is 6. The summed E-state index contributed by atoms with van der Waals surface area (Å²) in [6, 6.07) is 10.3. The first-order valence-corrected chi connectivity index (χ1v) is 6.33. The highest BCUT2D eigenvalue weighted by molar-refractivity contribution is 5.59. The van der Waals surface area contributed by atoms with E-state index < -0.39 is 0 Å². The van der Waals surface area contributed by atoms with Crippen LogP contribution in [0.5, 0.6) is 11.5 Å². The van der Waals surface area contributed by atoms with Crippen molar-refractivity contribution >= 4 is 11.4 Å². The fourth-order valence-electron chi connectivity index (χ4n) is 2.21. The van der Waals surface area contributed by atoms with Crippen LogP contribution < -0.4 is 21.2 Å². The number of nitrogens with two attached hydrogens (primary N) is 2. The highest BCUT2D eigenvalue weighted by Crippen LogP contribution is 2.37. The molecule has 0 aromatic heterocycles. The van der Waals surface area contributed by atoms with Crippen LogP contribution in [0.1, 0.15) is 25.0 Å². The number of rotatable bonds is 4. The summed E-state index contributed by atoms with van der Waals surface area (Å²) in [6.45, 7) is 4.02. The van der Waals surface area contributed by atoms with Crippen LogP contribution in [0.3, 0.4) is 0 Å². The second kappa shape index (κ2) is 5.51. The molecule has 2 aromatic carbocycles. The lowest BCUT2D eigenvalue weighted by Gasteiger charge is -2.27. The van der Waals surface area contributed by atoms with Gasteiger partial charge in [0.2, 0.25) is 0 Å². The Morgan fingerprint density at radius 1 is 0.810 bits per heavy atom. The Hall–Kier alpha value is -2.44. The van der Waals surface area contributed by atoms with Crippen LogP contribution in [-0.4, -0.2) is 10.5 Å². The average molecular weight is 290 g/mol. The topological polar surface area (TPSA) is 111 Å². The van der Waals surface area contributed by atoms with E-state index in [0.717, 1.165) is 11.1 Å². The van der Waals surface area contributed by atoms with Gasteiger partial charge in [-0.05, 0) is 35.4 Å². The Morgan fingerprint density at radius 2 is 1.19 bits per heavy atom. The minimum atomic E-state index is -0.385. The van der Waals surface area contributed by atoms with Crippen molar-refractivity contribution < 1.29 is 20.3 Å². The SMILES string of the molecule is CC(C)(c1ccc(OO)c(N)c1)c1ccc(OO)c(N)c1. The molecule has 6 N–H and O–H groups in total. The Bertz CT molecular complexity index is 601. The van der Waals surface area contributed by atoms with Gasteiger partial charge in [0.15, 0.2) is 11.5 Å². The van der Waals surface area contributed by atoms with Gasteiger partial charge in [-0.3, -0.25) is 0 Å². The Labute approximate surface area is 122 Å². The van der Waals surface area contributed by atoms with Crippen LogP contribution in [0.2, 0.25) is 0 Å². The van der Waals surface area contributed by atoms with Crippen molar-refractivity contribution in [3.05, 3.63) is 47.5 Å². The normalized spacial score (nSPS) is 11.2. The molecular weight excluding hydrogens is 272 g/mol. The summed E-state index contributed by atoms with van der Waals surface area (Å²) in [5.41, 5.74) is 13.8. The van der Waals surface area contributed by atoms with Gasteiger partial charge in [-0.15, -0.1) is 0 Å². The molecule has 0 spiro atoms. The van der Waals surface area contributed by atoms with Gasteiger partial charge in [-0.2, -0.15) is 0 Å². The Balaban J connectivity index is 2.45. The van der Waals surface area contributed by atoms with E-state index in [1.165, 1.54) is 0 Å². The van der Waals surface area contributed by atoms with Crippen LogP contribution >= 0.6 is 0 Å². The Kier molecular flexibility index (Phi) is 3.93. The summed E-state index contributed by atoms with van der Waals surface area (Å²) >= 11 is 0. The third-order valence-electron chi connectivity index (χ3n) is 3.66. The number of anilines is 2. The molecule has 2 aromatic rings. The Morgan fingerprint density at radius 3 is 1.48 bits per heavy atom. The first-order chi connectivity index (χ1) is 9.90. The molecule has 0 fully saturated rings. The quantitative estimate of drug-likeness (QED) is 0.391. The number of benzene rings is 2. The summed E-state index contributed by atoms with van der Waals surface area (Å²) in [5.74, 6) is 0.413. The molecule has 21 heavy (non-hydrogen) atoms. The third kappa shape index (κ3) is 2.72. The molecule has 0 saturated heterocycles. The maximum Gasteiger partial charge on any atom is 0.187 e. The first kappa shape index (κ1) is 15.0. The predicted octanol–water partition coefficient (Wildman–Crippen LogP) is 2.88. The molecule has 0 aliphatic rings. The summed E-state index contributed by atoms with van der Waals surface area (Å²) in [5, 5.41) is 17.4. The number of hydrogen-bond donors (Lipinski definition) is 4. The van der Waals surface area contributed by atoms with E-state index in [1.54, 1.807) is 24.3 Å². The van der Waals surface area contributed by atoms with Crippen molar-refractivity contribution in [2.24, 2.45) is 0 Å². The highest BCUT2D eigenvalue weighted by Gasteiger charge is 2.25. The van der Waals surface area contributed by atoms with Crippen molar-refractivity contribution in [3.8, 4) is 11.5 Å². The summed E-state index contributed by atoms with van der Waals surface area (Å²) in [7, 11) is 0. The minimum Gasteiger partial charge on any atom is -0.396 e. The smallest absolute Gasteiger partial charge is 0.187 e. The molecule has 0 unspecified atom stereocenters. The van der Waals surface area contributed by atoms with Crippen molar-refractivity contribution in [2.75, 3.05) is 11.5 Å². The highest BCUT2D eigenvalue weighted by atomic mass is 17.1. The van der Waals surface area contributed by atoms with Gasteiger partial charge in [0.1, 0.15) is 0 Å². The lowest BCUT2D eigenvalue weighted by atomic mass is 9.78. The molecule has 0 saturated carbocycles. The van der Waals surface area contributed by atoms with E-state index in [2.05, 4.69) is 9.78 Å². The van der Waals surface area contributed by atoms with Crippen LogP contribution in [-0.2, 0) is 5.41 Å². The lowest BCUT2D eigenvalue weighted by molar-refractivity contribution is -0.136. The number of nitrogen functional groups attached to an aromatic ring is 2. The summed E-state index contributed by atoms with van der Waals surface area (Å²) < 4.78 is 0. The van der Waals surface area contributed by atoms with Crippen LogP contribution in [0.25, 0.3) is 0 Å². The molecule has 0 aliphatic carbocycles. The van der Waals surface area contributed by atoms with Crippen molar-refractivity contribution in [2.45, 2.75) is 19.3 Å². The van der Waals surface area contributed by atoms with Crippen molar-refractivity contribution in [1.82, 2.24) is 0 Å². The molecule has 0 bridgehead atoms. The molecule has 112 valence electrons. The molecule has 0 heterocycles. The monoisotopic (exact) mass is 290 g/mol. The van der Waals surface area contributed by atoms with E-state index in [1.807, 2.05) is 26.0 Å². The van der Waals surface area contributed by atoms with E-state index in [0.29, 0.717) is 11.4 Å². The molecule has 0 aliphatic heterocycles. The molecule has 0 atom stereocenters. The van der Waals surface area contributed by atoms with Gasteiger partial charge in [0.25, 0.3) is 0 Å². The molecule has 6 heteroatoms. The van der Waals surface area contributed by atoms with E-state index in [9.17, 15) is 0 Å². The molecule has 6 nitrogen and oxygen atoms in total. The third-order valence-corrected chi connectivity index (χ3v) is 3.66. The summed E-state index contributed by atoms with van der Waals surface area (Å²) in [4.78, 5) is 8.36. The summed E-state index contributed by atoms with van der Waals surface area (Å²) in [6.07, 6.45) is 0. The first-order valence-electron chi connectivity index (χ1n) is 6.33. The van der Waals surface area contributed by atoms with Gasteiger partial charge < -0.3 is 21.2 Å². The van der Waals surface area contributed by atoms with Gasteiger partial charge in [-0.1, -0.05) is 26.0 Å². The van der Waals surface area contributed by atoms with Crippen molar-refractivity contribution in [3.63, 3.8) is 0 Å². The zero-order valence-electron chi connectivity index (χ0n) is 11.8. The maximum atomic E-state index is 8.69. The van der Waals surface area contributed by atoms with Crippen LogP contribution in [0, 0.1) is 0 Å².